The van der Waals surface area contributed by atoms with Crippen LogP contribution in [0.1, 0.15) is 17.0 Å². The van der Waals surface area contributed by atoms with Crippen molar-refractivity contribution in [1.82, 2.24) is 15.0 Å². The van der Waals surface area contributed by atoms with E-state index in [9.17, 15) is 0 Å². The molecule has 0 aromatic carbocycles. The van der Waals surface area contributed by atoms with Crippen molar-refractivity contribution in [2.24, 2.45) is 0 Å². The van der Waals surface area contributed by atoms with E-state index in [-0.39, 0.29) is 0 Å². The van der Waals surface area contributed by atoms with Crippen molar-refractivity contribution in [2.45, 2.75) is 19.4 Å². The molecule has 0 saturated carbocycles. The fourth-order valence-electron chi connectivity index (χ4n) is 1.34. The minimum atomic E-state index is 0.678. The molecule has 0 aliphatic rings. The monoisotopic (exact) mass is 241 g/mol. The average molecular weight is 242 g/mol. The van der Waals surface area contributed by atoms with Gasteiger partial charge in [0.05, 0.1) is 12.2 Å². The first kappa shape index (κ1) is 10.6. The Labute approximate surface area is 97.7 Å². The molecule has 0 unspecified atom stereocenters. The fourth-order valence-corrected chi connectivity index (χ4v) is 2.17. The van der Waals surface area contributed by atoms with Gasteiger partial charge in [0.2, 0.25) is 0 Å². The summed E-state index contributed by atoms with van der Waals surface area (Å²) in [6.07, 6.45) is 3.86. The SMILES string of the molecule is ClCCCc1cn(Cc2cccs2)nn1. The number of rotatable bonds is 5. The molecule has 0 radical (unpaired) electrons. The van der Waals surface area contributed by atoms with Crippen LogP contribution in [0, 0.1) is 0 Å². The first-order chi connectivity index (χ1) is 7.38. The highest BCUT2D eigenvalue weighted by molar-refractivity contribution is 7.09. The number of aryl methyl sites for hydroxylation is 1. The molecule has 5 heteroatoms. The molecule has 0 saturated heterocycles. The van der Waals surface area contributed by atoms with E-state index < -0.39 is 0 Å². The number of thiophene rings is 1. The maximum Gasteiger partial charge on any atom is 0.0827 e. The third kappa shape index (κ3) is 3.04. The van der Waals surface area contributed by atoms with Crippen LogP contribution < -0.4 is 0 Å². The van der Waals surface area contributed by atoms with Gasteiger partial charge in [-0.3, -0.25) is 0 Å². The summed E-state index contributed by atoms with van der Waals surface area (Å²) >= 11 is 7.36. The van der Waals surface area contributed by atoms with E-state index in [1.165, 1.54) is 4.88 Å². The molecule has 0 N–H and O–H groups in total. The zero-order valence-corrected chi connectivity index (χ0v) is 9.84. The minimum absolute atomic E-state index is 0.678. The molecule has 0 atom stereocenters. The Kier molecular flexibility index (Phi) is 3.75. The number of halogens is 1. The summed E-state index contributed by atoms with van der Waals surface area (Å²) in [6.45, 7) is 0.811. The third-order valence-electron chi connectivity index (χ3n) is 2.05. The number of alkyl halides is 1. The van der Waals surface area contributed by atoms with Crippen LogP contribution in [-0.4, -0.2) is 20.9 Å². The number of nitrogens with zero attached hydrogens (tertiary/aromatic N) is 3. The third-order valence-corrected chi connectivity index (χ3v) is 3.18. The largest absolute Gasteiger partial charge is 0.247 e. The van der Waals surface area contributed by atoms with Crippen molar-refractivity contribution in [3.63, 3.8) is 0 Å². The number of aromatic nitrogens is 3. The van der Waals surface area contributed by atoms with Crippen molar-refractivity contribution in [1.29, 1.82) is 0 Å². The molecule has 2 aromatic rings. The van der Waals surface area contributed by atoms with E-state index in [2.05, 4.69) is 21.8 Å². The van der Waals surface area contributed by atoms with E-state index in [1.807, 2.05) is 16.9 Å². The van der Waals surface area contributed by atoms with Crippen molar-refractivity contribution in [3.05, 3.63) is 34.3 Å². The van der Waals surface area contributed by atoms with Crippen LogP contribution in [0.5, 0.6) is 0 Å². The van der Waals surface area contributed by atoms with Gasteiger partial charge in [-0.2, -0.15) is 0 Å². The van der Waals surface area contributed by atoms with Gasteiger partial charge in [0.1, 0.15) is 0 Å². The lowest BCUT2D eigenvalue weighted by molar-refractivity contribution is 0.655. The Balaban J connectivity index is 1.95. The summed E-state index contributed by atoms with van der Waals surface area (Å²) in [5.74, 6) is 0.678. The highest BCUT2D eigenvalue weighted by Gasteiger charge is 2.01. The zero-order valence-electron chi connectivity index (χ0n) is 8.27. The normalized spacial score (nSPS) is 10.7. The van der Waals surface area contributed by atoms with Crippen LogP contribution in [0.2, 0.25) is 0 Å². The Morgan fingerprint density at radius 3 is 3.13 bits per heavy atom. The van der Waals surface area contributed by atoms with Crippen molar-refractivity contribution >= 4 is 22.9 Å². The topological polar surface area (TPSA) is 30.7 Å². The van der Waals surface area contributed by atoms with Crippen LogP contribution in [-0.2, 0) is 13.0 Å². The second-order valence-corrected chi connectivity index (χ2v) is 4.69. The van der Waals surface area contributed by atoms with Gasteiger partial charge >= 0.3 is 0 Å². The first-order valence-corrected chi connectivity index (χ1v) is 6.27. The highest BCUT2D eigenvalue weighted by atomic mass is 35.5. The molecule has 0 fully saturated rings. The van der Waals surface area contributed by atoms with Gasteiger partial charge in [0.15, 0.2) is 0 Å². The summed E-state index contributed by atoms with van der Waals surface area (Å²) in [5.41, 5.74) is 1.02. The first-order valence-electron chi connectivity index (χ1n) is 4.86. The van der Waals surface area contributed by atoms with E-state index in [0.29, 0.717) is 5.88 Å². The Hall–Kier alpha value is -0.870. The quantitative estimate of drug-likeness (QED) is 0.754. The van der Waals surface area contributed by atoms with E-state index in [4.69, 9.17) is 11.6 Å². The van der Waals surface area contributed by atoms with Crippen LogP contribution in [0.15, 0.2) is 23.7 Å². The molecule has 2 aromatic heterocycles. The summed E-state index contributed by atoms with van der Waals surface area (Å²) in [4.78, 5) is 1.30. The molecular formula is C10H12ClN3S. The second-order valence-electron chi connectivity index (χ2n) is 3.28. The molecule has 3 nitrogen and oxygen atoms in total. The van der Waals surface area contributed by atoms with Gasteiger partial charge < -0.3 is 0 Å². The molecule has 0 aliphatic carbocycles. The summed E-state index contributed by atoms with van der Waals surface area (Å²) < 4.78 is 1.87. The molecule has 0 spiro atoms. The van der Waals surface area contributed by atoms with Gasteiger partial charge in [0, 0.05) is 17.0 Å². The number of hydrogen-bond donors (Lipinski definition) is 0. The lowest BCUT2D eigenvalue weighted by atomic mass is 10.3. The van der Waals surface area contributed by atoms with Crippen LogP contribution >= 0.6 is 22.9 Å². The smallest absolute Gasteiger partial charge is 0.0827 e. The average Bonchev–Trinajstić information content (AvgIpc) is 2.87. The summed E-state index contributed by atoms with van der Waals surface area (Å²) in [6, 6.07) is 4.15. The zero-order chi connectivity index (χ0) is 10.5. The lowest BCUT2D eigenvalue weighted by Gasteiger charge is -1.95. The van der Waals surface area contributed by atoms with Crippen LogP contribution in [0.4, 0.5) is 0 Å². The molecule has 80 valence electrons. The molecule has 15 heavy (non-hydrogen) atoms. The van der Waals surface area contributed by atoms with E-state index in [1.54, 1.807) is 11.3 Å². The molecule has 0 aliphatic heterocycles. The Morgan fingerprint density at radius 1 is 1.47 bits per heavy atom. The van der Waals surface area contributed by atoms with Crippen molar-refractivity contribution in [3.8, 4) is 0 Å². The highest BCUT2D eigenvalue weighted by Crippen LogP contribution is 2.10. The molecule has 0 amide bonds. The van der Waals surface area contributed by atoms with Crippen LogP contribution in [0.25, 0.3) is 0 Å². The Morgan fingerprint density at radius 2 is 2.40 bits per heavy atom. The van der Waals surface area contributed by atoms with Crippen molar-refractivity contribution in [2.75, 3.05) is 5.88 Å². The fraction of sp³-hybridized carbons (Fsp3) is 0.400. The molecule has 2 heterocycles. The van der Waals surface area contributed by atoms with Gasteiger partial charge in [-0.1, -0.05) is 11.3 Å². The van der Waals surface area contributed by atoms with Gasteiger partial charge in [-0.25, -0.2) is 4.68 Å². The molecular weight excluding hydrogens is 230 g/mol. The standard InChI is InChI=1S/C10H12ClN3S/c11-5-1-3-9-7-14(13-12-9)8-10-4-2-6-15-10/h2,4,6-7H,1,3,5,8H2. The lowest BCUT2D eigenvalue weighted by Crippen LogP contribution is -1.98. The Bertz CT molecular complexity index is 396. The van der Waals surface area contributed by atoms with Gasteiger partial charge in [0.25, 0.3) is 0 Å². The summed E-state index contributed by atoms with van der Waals surface area (Å²) in [7, 11) is 0. The minimum Gasteiger partial charge on any atom is -0.247 e. The summed E-state index contributed by atoms with van der Waals surface area (Å²) in [5, 5.41) is 10.2. The number of hydrogen-bond acceptors (Lipinski definition) is 3. The van der Waals surface area contributed by atoms with Crippen LogP contribution in [0.3, 0.4) is 0 Å². The van der Waals surface area contributed by atoms with E-state index >= 15 is 0 Å². The van der Waals surface area contributed by atoms with Crippen molar-refractivity contribution < 1.29 is 0 Å². The van der Waals surface area contributed by atoms with Gasteiger partial charge in [-0.15, -0.1) is 28.0 Å². The predicted molar refractivity (Wildman–Crippen MR) is 62.5 cm³/mol. The molecule has 0 bridgehead atoms. The van der Waals surface area contributed by atoms with E-state index in [0.717, 1.165) is 25.1 Å². The maximum atomic E-state index is 5.62. The maximum absolute atomic E-state index is 5.62. The van der Waals surface area contributed by atoms with Gasteiger partial charge in [-0.05, 0) is 24.3 Å². The predicted octanol–water partition coefficient (Wildman–Crippen LogP) is 2.56. The second kappa shape index (κ2) is 5.28. The molecule has 2 rings (SSSR count).